The van der Waals surface area contributed by atoms with E-state index in [1.165, 1.54) is 5.56 Å². The van der Waals surface area contributed by atoms with Gasteiger partial charge in [-0.25, -0.2) is 0 Å². The Bertz CT molecular complexity index is 581. The Balaban J connectivity index is 0.000000491. The maximum atomic E-state index is 5.03. The van der Waals surface area contributed by atoms with Crippen LogP contribution in [0.4, 0.5) is 0 Å². The van der Waals surface area contributed by atoms with Gasteiger partial charge < -0.3 is 15.9 Å². The summed E-state index contributed by atoms with van der Waals surface area (Å²) in [7, 11) is 0. The molecule has 5 heteroatoms. The molecule has 0 spiro atoms. The van der Waals surface area contributed by atoms with Gasteiger partial charge in [0.15, 0.2) is 0 Å². The molecule has 0 amide bonds. The first-order chi connectivity index (χ1) is 10.1. The van der Waals surface area contributed by atoms with Crippen molar-refractivity contribution in [1.82, 2.24) is 15.2 Å². The smallest absolute Gasteiger partial charge is 0.0706 e. The molecule has 0 atom stereocenters. The number of rotatable bonds is 2. The van der Waals surface area contributed by atoms with Crippen LogP contribution in [0.1, 0.15) is 24.6 Å². The largest absolute Gasteiger partial charge is 0.330 e. The number of pyridine rings is 1. The Morgan fingerprint density at radius 3 is 2.52 bits per heavy atom. The first-order valence-corrected chi connectivity index (χ1v) is 7.46. The van der Waals surface area contributed by atoms with Crippen LogP contribution in [0.2, 0.25) is 0 Å². The van der Waals surface area contributed by atoms with E-state index < -0.39 is 0 Å². The summed E-state index contributed by atoms with van der Waals surface area (Å²) in [5.74, 6) is 0. The van der Waals surface area contributed by atoms with E-state index in [0.717, 1.165) is 34.8 Å². The minimum absolute atomic E-state index is 0.819. The second-order valence-corrected chi connectivity index (χ2v) is 5.23. The fourth-order valence-corrected chi connectivity index (χ4v) is 1.82. The quantitative estimate of drug-likeness (QED) is 0.638. The maximum Gasteiger partial charge on any atom is 0.0706 e. The summed E-state index contributed by atoms with van der Waals surface area (Å²) in [5.41, 5.74) is 9.32. The molecule has 4 N–H and O–H groups in total. The van der Waals surface area contributed by atoms with Gasteiger partial charge in [0.2, 0.25) is 0 Å². The van der Waals surface area contributed by atoms with Crippen molar-refractivity contribution in [3.63, 3.8) is 0 Å². The number of nitrogens with two attached hydrogens (primary N) is 1. The number of aromatic nitrogens is 3. The number of thiol groups is 1. The van der Waals surface area contributed by atoms with E-state index in [0.29, 0.717) is 0 Å². The van der Waals surface area contributed by atoms with Gasteiger partial charge in [0.25, 0.3) is 0 Å². The summed E-state index contributed by atoms with van der Waals surface area (Å²) in [5, 5.41) is 6.05. The predicted octanol–water partition coefficient (Wildman–Crippen LogP) is 3.79. The molecule has 0 bridgehead atoms. The molecule has 0 aliphatic rings. The Labute approximate surface area is 131 Å². The lowest BCUT2D eigenvalue weighted by Crippen LogP contribution is -1.93. The highest BCUT2D eigenvalue weighted by Crippen LogP contribution is 2.20. The fourth-order valence-electron chi connectivity index (χ4n) is 1.68. The molecule has 114 valence electrons. The Morgan fingerprint density at radius 2 is 1.95 bits per heavy atom. The van der Waals surface area contributed by atoms with Gasteiger partial charge in [-0.2, -0.15) is 0 Å². The third-order valence-electron chi connectivity index (χ3n) is 2.77. The zero-order valence-corrected chi connectivity index (χ0v) is 13.7. The number of aromatic amines is 2. The molecular formula is C16H24N4S. The number of hydrogen-bond acceptors (Lipinski definition) is 3. The summed E-state index contributed by atoms with van der Waals surface area (Å²) in [6, 6.07) is 8.01. The summed E-state index contributed by atoms with van der Waals surface area (Å²) >= 11 is 4.24. The van der Waals surface area contributed by atoms with Gasteiger partial charge in [-0.3, -0.25) is 4.98 Å². The van der Waals surface area contributed by atoms with Crippen molar-refractivity contribution < 1.29 is 0 Å². The van der Waals surface area contributed by atoms with Crippen molar-refractivity contribution in [2.45, 2.75) is 32.1 Å². The summed E-state index contributed by atoms with van der Waals surface area (Å²) < 4.78 is 0. The average molecular weight is 304 g/mol. The highest BCUT2D eigenvalue weighted by molar-refractivity contribution is 7.80. The van der Waals surface area contributed by atoms with E-state index in [1.807, 2.05) is 31.3 Å². The first kappa shape index (κ1) is 17.3. The molecule has 0 radical (unpaired) electrons. The van der Waals surface area contributed by atoms with Crippen LogP contribution < -0.4 is 5.73 Å². The van der Waals surface area contributed by atoms with Gasteiger partial charge in [-0.1, -0.05) is 6.92 Å². The Morgan fingerprint density at radius 1 is 1.24 bits per heavy atom. The van der Waals surface area contributed by atoms with Crippen LogP contribution >= 0.6 is 12.6 Å². The Hall–Kier alpha value is -1.72. The van der Waals surface area contributed by atoms with Crippen LogP contribution in [0.15, 0.2) is 41.6 Å². The maximum absolute atomic E-state index is 5.03. The molecule has 0 aliphatic heterocycles. The van der Waals surface area contributed by atoms with E-state index in [1.54, 1.807) is 6.20 Å². The molecule has 2 rings (SSSR count). The van der Waals surface area contributed by atoms with Gasteiger partial charge in [-0.05, 0) is 56.6 Å². The SMILES string of the molecule is CCCN.Cc1cc(C)c(-c2ccc(S)cn2)cc[nH][nH]1. The summed E-state index contributed by atoms with van der Waals surface area (Å²) in [4.78, 5) is 5.26. The number of nitrogens with zero attached hydrogens (tertiary/aromatic N) is 1. The van der Waals surface area contributed by atoms with Gasteiger partial charge in [0.05, 0.1) is 5.69 Å². The fraction of sp³-hybridized carbons (Fsp3) is 0.312. The molecule has 0 aromatic carbocycles. The van der Waals surface area contributed by atoms with Crippen molar-refractivity contribution >= 4 is 12.6 Å². The van der Waals surface area contributed by atoms with Gasteiger partial charge in [0.1, 0.15) is 0 Å². The molecule has 2 aromatic heterocycles. The van der Waals surface area contributed by atoms with Crippen LogP contribution in [0.3, 0.4) is 0 Å². The average Bonchev–Trinajstić information content (AvgIpc) is 2.47. The van der Waals surface area contributed by atoms with Crippen LogP contribution in [-0.2, 0) is 0 Å². The van der Waals surface area contributed by atoms with E-state index in [-0.39, 0.29) is 0 Å². The highest BCUT2D eigenvalue weighted by atomic mass is 32.1. The lowest BCUT2D eigenvalue weighted by atomic mass is 10.1. The third-order valence-corrected chi connectivity index (χ3v) is 3.04. The minimum atomic E-state index is 0.819. The number of H-pyrrole nitrogens is 2. The molecular weight excluding hydrogens is 280 g/mol. The lowest BCUT2D eigenvalue weighted by molar-refractivity contribution is 0.932. The van der Waals surface area contributed by atoms with E-state index in [2.05, 4.69) is 47.7 Å². The van der Waals surface area contributed by atoms with Gasteiger partial charge in [0, 0.05) is 28.5 Å². The number of aryl methyl sites for hydroxylation is 2. The van der Waals surface area contributed by atoms with Crippen molar-refractivity contribution in [2.24, 2.45) is 5.73 Å². The minimum Gasteiger partial charge on any atom is -0.330 e. The molecule has 0 saturated heterocycles. The van der Waals surface area contributed by atoms with Crippen LogP contribution in [0, 0.1) is 13.8 Å². The summed E-state index contributed by atoms with van der Waals surface area (Å²) in [6.45, 7) is 6.96. The van der Waals surface area contributed by atoms with Crippen molar-refractivity contribution in [2.75, 3.05) is 6.54 Å². The van der Waals surface area contributed by atoms with Crippen molar-refractivity contribution in [1.29, 1.82) is 0 Å². The number of hydrogen-bond donors (Lipinski definition) is 4. The van der Waals surface area contributed by atoms with Crippen LogP contribution in [0.5, 0.6) is 0 Å². The monoisotopic (exact) mass is 304 g/mol. The lowest BCUT2D eigenvalue weighted by Gasteiger charge is -2.04. The van der Waals surface area contributed by atoms with Gasteiger partial charge >= 0.3 is 0 Å². The van der Waals surface area contributed by atoms with E-state index in [9.17, 15) is 0 Å². The number of nitrogens with one attached hydrogen (secondary N) is 2. The molecule has 4 nitrogen and oxygen atoms in total. The van der Waals surface area contributed by atoms with Crippen LogP contribution in [0.25, 0.3) is 11.3 Å². The molecule has 21 heavy (non-hydrogen) atoms. The van der Waals surface area contributed by atoms with Crippen molar-refractivity contribution in [3.05, 3.63) is 47.9 Å². The van der Waals surface area contributed by atoms with Gasteiger partial charge in [-0.15, -0.1) is 12.6 Å². The summed E-state index contributed by atoms with van der Waals surface area (Å²) in [6.07, 6.45) is 4.72. The zero-order chi connectivity index (χ0) is 15.7. The standard InChI is InChI=1S/C13H15N3S.C3H9N/c1-9-7-10(2)16-15-6-5-12(9)13-4-3-11(17)8-14-13;1-2-3-4/h3-8,15-17H,1-2H3;2-4H2,1H3. The topological polar surface area (TPSA) is 70.5 Å². The first-order valence-electron chi connectivity index (χ1n) is 7.01. The normalized spacial score (nSPS) is 9.57. The third kappa shape index (κ3) is 6.06. The molecule has 0 unspecified atom stereocenters. The van der Waals surface area contributed by atoms with Crippen molar-refractivity contribution in [3.8, 4) is 11.3 Å². The predicted molar refractivity (Wildman–Crippen MR) is 92.1 cm³/mol. The second-order valence-electron chi connectivity index (χ2n) is 4.72. The molecule has 2 heterocycles. The van der Waals surface area contributed by atoms with Crippen LogP contribution in [-0.4, -0.2) is 21.7 Å². The zero-order valence-electron chi connectivity index (χ0n) is 12.9. The molecule has 0 aliphatic carbocycles. The molecule has 0 fully saturated rings. The molecule has 0 saturated carbocycles. The second kappa shape index (κ2) is 9.26. The highest BCUT2D eigenvalue weighted by Gasteiger charge is 2.01. The molecule has 2 aromatic rings. The van der Waals surface area contributed by atoms with E-state index in [4.69, 9.17) is 5.73 Å². The Kier molecular flexibility index (Phi) is 7.64. The van der Waals surface area contributed by atoms with E-state index >= 15 is 0 Å².